The molecule has 3 atom stereocenters. The number of carbonyl (C=O) groups excluding carboxylic acids is 1. The van der Waals surface area contributed by atoms with Crippen molar-refractivity contribution in [1.82, 2.24) is 15.2 Å². The van der Waals surface area contributed by atoms with E-state index in [1.807, 2.05) is 12.1 Å². The molecule has 3 rings (SSSR count). The molecular formula is C16H24N4O. The summed E-state index contributed by atoms with van der Waals surface area (Å²) in [5, 5.41) is 3.50. The van der Waals surface area contributed by atoms with Crippen LogP contribution in [0.5, 0.6) is 0 Å². The van der Waals surface area contributed by atoms with E-state index in [-0.39, 0.29) is 5.91 Å². The lowest BCUT2D eigenvalue weighted by atomic mass is 9.93. The monoisotopic (exact) mass is 288 g/mol. The van der Waals surface area contributed by atoms with Crippen LogP contribution in [0, 0.1) is 11.8 Å². The number of hydrogen-bond acceptors (Lipinski definition) is 4. The van der Waals surface area contributed by atoms with Gasteiger partial charge < -0.3 is 15.1 Å². The van der Waals surface area contributed by atoms with Gasteiger partial charge >= 0.3 is 0 Å². The van der Waals surface area contributed by atoms with Crippen LogP contribution in [-0.2, 0) is 0 Å². The van der Waals surface area contributed by atoms with Gasteiger partial charge in [0.25, 0.3) is 5.91 Å². The number of nitrogens with zero attached hydrogens (tertiary/aromatic N) is 3. The Labute approximate surface area is 126 Å². The minimum atomic E-state index is 0.00332. The van der Waals surface area contributed by atoms with Gasteiger partial charge in [-0.2, -0.15) is 0 Å². The molecule has 0 aromatic carbocycles. The first-order valence-corrected chi connectivity index (χ1v) is 7.77. The lowest BCUT2D eigenvalue weighted by Crippen LogP contribution is -2.35. The SMILES string of the molecule is CCC1C2CNCC2CN1c1ccc(C(=O)N(C)C)cn1. The molecule has 3 unspecified atom stereocenters. The molecule has 1 N–H and O–H groups in total. The highest BCUT2D eigenvalue weighted by Gasteiger charge is 2.43. The van der Waals surface area contributed by atoms with Crippen LogP contribution in [0.1, 0.15) is 23.7 Å². The number of aromatic nitrogens is 1. The molecule has 1 aromatic rings. The summed E-state index contributed by atoms with van der Waals surface area (Å²) >= 11 is 0. The van der Waals surface area contributed by atoms with Crippen molar-refractivity contribution in [3.8, 4) is 0 Å². The Morgan fingerprint density at radius 2 is 2.24 bits per heavy atom. The highest BCUT2D eigenvalue weighted by Crippen LogP contribution is 2.36. The molecule has 2 saturated heterocycles. The zero-order valence-electron chi connectivity index (χ0n) is 13.0. The summed E-state index contributed by atoms with van der Waals surface area (Å²) in [6.45, 7) is 5.57. The van der Waals surface area contributed by atoms with Crippen molar-refractivity contribution in [2.24, 2.45) is 11.8 Å². The van der Waals surface area contributed by atoms with E-state index in [4.69, 9.17) is 0 Å². The van der Waals surface area contributed by atoms with Gasteiger partial charge in [0.05, 0.1) is 5.56 Å². The lowest BCUT2D eigenvalue weighted by Gasteiger charge is -2.28. The number of rotatable bonds is 3. The maximum atomic E-state index is 11.9. The lowest BCUT2D eigenvalue weighted by molar-refractivity contribution is 0.0827. The number of anilines is 1. The van der Waals surface area contributed by atoms with Crippen molar-refractivity contribution >= 4 is 11.7 Å². The van der Waals surface area contributed by atoms with E-state index >= 15 is 0 Å². The van der Waals surface area contributed by atoms with Crippen LogP contribution in [0.4, 0.5) is 5.82 Å². The van der Waals surface area contributed by atoms with Crippen LogP contribution in [0.15, 0.2) is 18.3 Å². The third-order valence-corrected chi connectivity index (χ3v) is 4.83. The van der Waals surface area contributed by atoms with E-state index in [0.29, 0.717) is 11.6 Å². The second-order valence-electron chi connectivity index (χ2n) is 6.31. The number of fused-ring (bicyclic) bond motifs is 1. The van der Waals surface area contributed by atoms with E-state index in [9.17, 15) is 4.79 Å². The zero-order valence-corrected chi connectivity index (χ0v) is 13.0. The Bertz CT molecular complexity index is 514. The molecule has 1 aromatic heterocycles. The molecular weight excluding hydrogens is 264 g/mol. The first-order valence-electron chi connectivity index (χ1n) is 7.77. The second kappa shape index (κ2) is 5.64. The maximum absolute atomic E-state index is 11.9. The summed E-state index contributed by atoms with van der Waals surface area (Å²) in [5.41, 5.74) is 0.651. The molecule has 0 bridgehead atoms. The molecule has 5 nitrogen and oxygen atoms in total. The minimum Gasteiger partial charge on any atom is -0.353 e. The fraction of sp³-hybridized carbons (Fsp3) is 0.625. The van der Waals surface area contributed by atoms with Gasteiger partial charge in [0.2, 0.25) is 0 Å². The van der Waals surface area contributed by atoms with E-state index in [0.717, 1.165) is 43.7 Å². The van der Waals surface area contributed by atoms with E-state index in [2.05, 4.69) is 22.1 Å². The summed E-state index contributed by atoms with van der Waals surface area (Å²) in [6.07, 6.45) is 2.85. The van der Waals surface area contributed by atoms with Crippen LogP contribution >= 0.6 is 0 Å². The Morgan fingerprint density at radius 3 is 2.86 bits per heavy atom. The Hall–Kier alpha value is -1.62. The average Bonchev–Trinajstić information content (AvgIpc) is 3.06. The number of carbonyl (C=O) groups is 1. The molecule has 3 heterocycles. The highest BCUT2D eigenvalue weighted by atomic mass is 16.2. The van der Waals surface area contributed by atoms with E-state index in [1.54, 1.807) is 25.2 Å². The van der Waals surface area contributed by atoms with Gasteiger partial charge in [-0.05, 0) is 30.4 Å². The third kappa shape index (κ3) is 2.50. The van der Waals surface area contributed by atoms with Gasteiger partial charge in [0, 0.05) is 46.0 Å². The fourth-order valence-electron chi connectivity index (χ4n) is 3.75. The van der Waals surface area contributed by atoms with Crippen molar-refractivity contribution in [1.29, 1.82) is 0 Å². The summed E-state index contributed by atoms with van der Waals surface area (Å²) < 4.78 is 0. The highest BCUT2D eigenvalue weighted by molar-refractivity contribution is 5.93. The van der Waals surface area contributed by atoms with E-state index in [1.165, 1.54) is 0 Å². The molecule has 21 heavy (non-hydrogen) atoms. The van der Waals surface area contributed by atoms with E-state index < -0.39 is 0 Å². The summed E-state index contributed by atoms with van der Waals surface area (Å²) in [6, 6.07) is 4.45. The minimum absolute atomic E-state index is 0.00332. The summed E-state index contributed by atoms with van der Waals surface area (Å²) in [4.78, 5) is 20.5. The topological polar surface area (TPSA) is 48.5 Å². The normalized spacial score (nSPS) is 27.8. The van der Waals surface area contributed by atoms with Gasteiger partial charge in [0.15, 0.2) is 0 Å². The maximum Gasteiger partial charge on any atom is 0.254 e. The van der Waals surface area contributed by atoms with Crippen LogP contribution in [0.2, 0.25) is 0 Å². The van der Waals surface area contributed by atoms with Crippen molar-refractivity contribution in [3.63, 3.8) is 0 Å². The molecule has 1 amide bonds. The Balaban J connectivity index is 1.79. The van der Waals surface area contributed by atoms with Crippen LogP contribution in [0.3, 0.4) is 0 Å². The van der Waals surface area contributed by atoms with Crippen LogP contribution in [-0.4, -0.2) is 55.6 Å². The molecule has 0 radical (unpaired) electrons. The quantitative estimate of drug-likeness (QED) is 0.908. The van der Waals surface area contributed by atoms with Gasteiger partial charge in [-0.15, -0.1) is 0 Å². The standard InChI is InChI=1S/C16H24N4O/c1-4-14-13-9-17-7-12(13)10-20(14)15-6-5-11(8-18-15)16(21)19(2)3/h5-6,8,12-14,17H,4,7,9-10H2,1-3H3. The first kappa shape index (κ1) is 14.3. The van der Waals surface area contributed by atoms with Gasteiger partial charge in [0.1, 0.15) is 5.82 Å². The number of amides is 1. The predicted molar refractivity (Wildman–Crippen MR) is 83.5 cm³/mol. The molecule has 114 valence electrons. The summed E-state index contributed by atoms with van der Waals surface area (Å²) in [5.74, 6) is 2.48. The van der Waals surface area contributed by atoms with Gasteiger partial charge in [-0.3, -0.25) is 4.79 Å². The average molecular weight is 288 g/mol. The van der Waals surface area contributed by atoms with Gasteiger partial charge in [-0.1, -0.05) is 6.92 Å². The second-order valence-corrected chi connectivity index (χ2v) is 6.31. The molecule has 5 heteroatoms. The van der Waals surface area contributed by atoms with Crippen molar-refractivity contribution < 1.29 is 4.79 Å². The van der Waals surface area contributed by atoms with Gasteiger partial charge in [-0.25, -0.2) is 4.98 Å². The Kier molecular flexibility index (Phi) is 3.85. The largest absolute Gasteiger partial charge is 0.353 e. The van der Waals surface area contributed by atoms with Crippen LogP contribution in [0.25, 0.3) is 0 Å². The number of hydrogen-bond donors (Lipinski definition) is 1. The van der Waals surface area contributed by atoms with Crippen LogP contribution < -0.4 is 10.2 Å². The smallest absolute Gasteiger partial charge is 0.254 e. The van der Waals surface area contributed by atoms with Crippen molar-refractivity contribution in [2.45, 2.75) is 19.4 Å². The molecule has 2 aliphatic rings. The first-order chi connectivity index (χ1) is 10.1. The molecule has 2 fully saturated rings. The van der Waals surface area contributed by atoms with Crippen molar-refractivity contribution in [3.05, 3.63) is 23.9 Å². The Morgan fingerprint density at radius 1 is 1.43 bits per heavy atom. The molecule has 0 aliphatic carbocycles. The summed E-state index contributed by atoms with van der Waals surface area (Å²) in [7, 11) is 3.52. The molecule has 0 spiro atoms. The van der Waals surface area contributed by atoms with Crippen molar-refractivity contribution in [2.75, 3.05) is 38.6 Å². The zero-order chi connectivity index (χ0) is 15.0. The number of pyridine rings is 1. The third-order valence-electron chi connectivity index (χ3n) is 4.83. The number of nitrogens with one attached hydrogen (secondary N) is 1. The molecule has 0 saturated carbocycles. The molecule has 2 aliphatic heterocycles. The predicted octanol–water partition coefficient (Wildman–Crippen LogP) is 1.22. The fourth-order valence-corrected chi connectivity index (χ4v) is 3.75.